The number of ether oxygens (including phenoxy) is 2. The molecule has 2 rings (SSSR count). The lowest BCUT2D eigenvalue weighted by molar-refractivity contribution is 0.0522. The molecule has 2 aliphatic rings. The fraction of sp³-hybridized carbons (Fsp3) is 1.00. The molecule has 2 fully saturated rings. The van der Waals surface area contributed by atoms with Crippen LogP contribution >= 0.6 is 0 Å². The lowest BCUT2D eigenvalue weighted by Gasteiger charge is -2.36. The van der Waals surface area contributed by atoms with Gasteiger partial charge in [-0.25, -0.2) is 0 Å². The van der Waals surface area contributed by atoms with E-state index >= 15 is 0 Å². The molecule has 0 N–H and O–H groups in total. The number of rotatable bonds is 3. The van der Waals surface area contributed by atoms with Crippen molar-refractivity contribution in [1.29, 1.82) is 0 Å². The minimum absolute atomic E-state index is 0.345. The van der Waals surface area contributed by atoms with Crippen LogP contribution in [0.2, 0.25) is 0 Å². The molecule has 94 valence electrons. The molecule has 6 heteroatoms. The first-order chi connectivity index (χ1) is 7.81. The quantitative estimate of drug-likeness (QED) is 0.658. The Hall–Kier alpha value is 0.150. The van der Waals surface area contributed by atoms with Gasteiger partial charge < -0.3 is 14.0 Å². The van der Waals surface area contributed by atoms with Gasteiger partial charge in [0.05, 0.1) is 32.4 Å². The maximum absolute atomic E-state index is 12.2. The molecule has 5 nitrogen and oxygen atoms in total. The molecule has 0 bridgehead atoms. The first-order valence-electron chi connectivity index (χ1n) is 5.83. The lowest BCUT2D eigenvalue weighted by atomic mass is 10.1. The Morgan fingerprint density at radius 3 is 2.25 bits per heavy atom. The van der Waals surface area contributed by atoms with E-state index in [2.05, 4.69) is 0 Å². The third-order valence-electron chi connectivity index (χ3n) is 3.15. The summed E-state index contributed by atoms with van der Waals surface area (Å²) in [6.07, 6.45) is 2.30. The summed E-state index contributed by atoms with van der Waals surface area (Å²) in [4.78, 5) is 0. The van der Waals surface area contributed by atoms with Crippen molar-refractivity contribution in [1.82, 2.24) is 8.61 Å². The highest BCUT2D eigenvalue weighted by molar-refractivity contribution is 7.86. The van der Waals surface area contributed by atoms with E-state index in [1.807, 2.05) is 8.61 Å². The predicted octanol–water partition coefficient (Wildman–Crippen LogP) is 0.00810. The van der Waals surface area contributed by atoms with Crippen LogP contribution < -0.4 is 0 Å². The van der Waals surface area contributed by atoms with E-state index in [-0.39, 0.29) is 0 Å². The number of hydrogen-bond acceptors (Lipinski definition) is 5. The van der Waals surface area contributed by atoms with Gasteiger partial charge in [0.2, 0.25) is 0 Å². The molecule has 0 radical (unpaired) electrons. The molecule has 0 aromatic heterocycles. The van der Waals surface area contributed by atoms with Gasteiger partial charge >= 0.3 is 0 Å². The summed E-state index contributed by atoms with van der Waals surface area (Å²) in [6.45, 7) is 4.67. The summed E-state index contributed by atoms with van der Waals surface area (Å²) in [5.41, 5.74) is 0. The highest BCUT2D eigenvalue weighted by atomic mass is 32.2. The van der Waals surface area contributed by atoms with Crippen molar-refractivity contribution in [3.8, 4) is 0 Å². The number of methoxy groups -OCH3 is 1. The van der Waals surface area contributed by atoms with Crippen molar-refractivity contribution in [2.45, 2.75) is 18.9 Å². The van der Waals surface area contributed by atoms with Gasteiger partial charge in [0.15, 0.2) is 0 Å². The van der Waals surface area contributed by atoms with Crippen molar-refractivity contribution in [3.05, 3.63) is 0 Å². The summed E-state index contributed by atoms with van der Waals surface area (Å²) in [7, 11) is 1.75. The SMILES string of the molecule is COC1CCN([S+]([O-])N2CCOCC2)CC1. The van der Waals surface area contributed by atoms with Crippen molar-refractivity contribution in [2.75, 3.05) is 46.5 Å². The van der Waals surface area contributed by atoms with Crippen LogP contribution in [0.3, 0.4) is 0 Å². The van der Waals surface area contributed by atoms with Gasteiger partial charge in [-0.2, -0.15) is 0 Å². The molecule has 0 saturated carbocycles. The third kappa shape index (κ3) is 3.09. The normalized spacial score (nSPS) is 28.1. The van der Waals surface area contributed by atoms with E-state index in [9.17, 15) is 4.55 Å². The van der Waals surface area contributed by atoms with Gasteiger partial charge in [-0.05, 0) is 12.8 Å². The Bertz CT molecular complexity index is 206. The molecule has 0 aromatic rings. The predicted molar refractivity (Wildman–Crippen MR) is 62.1 cm³/mol. The van der Waals surface area contributed by atoms with Crippen LogP contribution in [0.15, 0.2) is 0 Å². The second-order valence-corrected chi connectivity index (χ2v) is 5.63. The van der Waals surface area contributed by atoms with Crippen molar-refractivity contribution >= 4 is 11.5 Å². The topological polar surface area (TPSA) is 48.0 Å². The van der Waals surface area contributed by atoms with Crippen LogP contribution in [0.4, 0.5) is 0 Å². The summed E-state index contributed by atoms with van der Waals surface area (Å²) >= 11 is -0.979. The van der Waals surface area contributed by atoms with E-state index in [1.165, 1.54) is 0 Å². The summed E-state index contributed by atoms with van der Waals surface area (Å²) in [5.74, 6) is 0. The Kier molecular flexibility index (Phi) is 4.87. The maximum Gasteiger partial charge on any atom is 0.140 e. The van der Waals surface area contributed by atoms with Crippen LogP contribution in [0, 0.1) is 0 Å². The second-order valence-electron chi connectivity index (χ2n) is 4.14. The Labute approximate surface area is 100 Å². The van der Waals surface area contributed by atoms with Gasteiger partial charge in [-0.1, -0.05) is 0 Å². The van der Waals surface area contributed by atoms with Gasteiger partial charge in [0.25, 0.3) is 0 Å². The monoisotopic (exact) mass is 248 g/mol. The smallest absolute Gasteiger partial charge is 0.140 e. The van der Waals surface area contributed by atoms with E-state index in [0.29, 0.717) is 19.3 Å². The van der Waals surface area contributed by atoms with Crippen molar-refractivity contribution < 1.29 is 14.0 Å². The summed E-state index contributed by atoms with van der Waals surface area (Å²) in [6, 6.07) is 0. The molecular formula is C10H20N2O3S. The van der Waals surface area contributed by atoms with E-state index < -0.39 is 11.5 Å². The number of morpholine rings is 1. The Morgan fingerprint density at radius 2 is 1.69 bits per heavy atom. The molecular weight excluding hydrogens is 228 g/mol. The van der Waals surface area contributed by atoms with Gasteiger partial charge in [0.1, 0.15) is 11.5 Å². The lowest BCUT2D eigenvalue weighted by Crippen LogP contribution is -2.51. The average Bonchev–Trinajstić information content (AvgIpc) is 2.39. The number of piperidine rings is 1. The molecule has 16 heavy (non-hydrogen) atoms. The van der Waals surface area contributed by atoms with Gasteiger partial charge in [-0.3, -0.25) is 0 Å². The van der Waals surface area contributed by atoms with Crippen LogP contribution in [0.25, 0.3) is 0 Å². The van der Waals surface area contributed by atoms with E-state index in [1.54, 1.807) is 7.11 Å². The van der Waals surface area contributed by atoms with Gasteiger partial charge in [0, 0.05) is 20.2 Å². The summed E-state index contributed by atoms with van der Waals surface area (Å²) in [5, 5.41) is 0. The van der Waals surface area contributed by atoms with Crippen LogP contribution in [0.5, 0.6) is 0 Å². The minimum Gasteiger partial charge on any atom is -0.578 e. The molecule has 0 amide bonds. The summed E-state index contributed by atoms with van der Waals surface area (Å²) < 4.78 is 26.8. The molecule has 2 aliphatic heterocycles. The van der Waals surface area contributed by atoms with Crippen LogP contribution in [0.1, 0.15) is 12.8 Å². The highest BCUT2D eigenvalue weighted by Gasteiger charge is 2.32. The zero-order valence-corrected chi connectivity index (χ0v) is 10.6. The highest BCUT2D eigenvalue weighted by Crippen LogP contribution is 2.19. The third-order valence-corrected chi connectivity index (χ3v) is 4.76. The molecule has 1 atom stereocenters. The first kappa shape index (κ1) is 12.6. The zero-order chi connectivity index (χ0) is 11.4. The second kappa shape index (κ2) is 6.18. The van der Waals surface area contributed by atoms with E-state index in [4.69, 9.17) is 9.47 Å². The van der Waals surface area contributed by atoms with E-state index in [0.717, 1.165) is 39.0 Å². The van der Waals surface area contributed by atoms with Crippen molar-refractivity contribution in [2.24, 2.45) is 0 Å². The average molecular weight is 248 g/mol. The standard InChI is InChI=1S/C10H20N2O3S/c1-14-10-2-4-11(5-3-10)16(13)12-6-8-15-9-7-12/h10H,2-9H2,1H3. The Balaban J connectivity index is 1.78. The minimum atomic E-state index is -0.979. The molecule has 0 aliphatic carbocycles. The Morgan fingerprint density at radius 1 is 1.12 bits per heavy atom. The zero-order valence-electron chi connectivity index (χ0n) is 9.76. The van der Waals surface area contributed by atoms with Crippen molar-refractivity contribution in [3.63, 3.8) is 0 Å². The fourth-order valence-corrected chi connectivity index (χ4v) is 3.40. The van der Waals surface area contributed by atoms with Crippen LogP contribution in [-0.2, 0) is 21.0 Å². The number of nitrogens with zero attached hydrogens (tertiary/aromatic N) is 2. The van der Waals surface area contributed by atoms with Gasteiger partial charge in [-0.15, -0.1) is 8.61 Å². The number of hydrogen-bond donors (Lipinski definition) is 0. The largest absolute Gasteiger partial charge is 0.578 e. The molecule has 2 saturated heterocycles. The molecule has 0 spiro atoms. The maximum atomic E-state index is 12.2. The molecule has 2 heterocycles. The van der Waals surface area contributed by atoms with Crippen LogP contribution in [-0.4, -0.2) is 65.8 Å². The molecule has 0 aromatic carbocycles. The first-order valence-corrected chi connectivity index (χ1v) is 6.90. The fourth-order valence-electron chi connectivity index (χ4n) is 2.09. The molecule has 1 unspecified atom stereocenters.